The van der Waals surface area contributed by atoms with E-state index < -0.39 is 0 Å². The highest BCUT2D eigenvalue weighted by Crippen LogP contribution is 2.20. The van der Waals surface area contributed by atoms with Gasteiger partial charge in [0.05, 0.1) is 5.69 Å². The molecule has 0 amide bonds. The van der Waals surface area contributed by atoms with E-state index in [2.05, 4.69) is 4.98 Å². The van der Waals surface area contributed by atoms with Crippen molar-refractivity contribution in [2.75, 3.05) is 0 Å². The zero-order valence-corrected chi connectivity index (χ0v) is 7.87. The molecule has 0 saturated heterocycles. The van der Waals surface area contributed by atoms with E-state index in [4.69, 9.17) is 0 Å². The summed E-state index contributed by atoms with van der Waals surface area (Å²) >= 11 is 0. The van der Waals surface area contributed by atoms with Crippen molar-refractivity contribution in [3.8, 4) is 11.3 Å². The molecule has 2 heteroatoms. The third-order valence-corrected chi connectivity index (χ3v) is 2.11. The molecule has 0 aliphatic carbocycles. The summed E-state index contributed by atoms with van der Waals surface area (Å²) in [4.78, 5) is 4.22. The molecular weight excluding hydrogens is 177 g/mol. The Hall–Kier alpha value is -1.70. The van der Waals surface area contributed by atoms with E-state index in [1.54, 1.807) is 12.3 Å². The Labute approximate surface area is 82.2 Å². The average molecular weight is 187 g/mol. The normalized spacial score (nSPS) is 10.1. The monoisotopic (exact) mass is 187 g/mol. The van der Waals surface area contributed by atoms with Gasteiger partial charge in [0.15, 0.2) is 0 Å². The maximum atomic E-state index is 13.0. The zero-order valence-electron chi connectivity index (χ0n) is 7.87. The minimum Gasteiger partial charge on any atom is -0.256 e. The molecule has 2 rings (SSSR count). The van der Waals surface area contributed by atoms with E-state index in [0.717, 1.165) is 16.8 Å². The Morgan fingerprint density at radius 1 is 1.14 bits per heavy atom. The molecule has 1 aromatic carbocycles. The lowest BCUT2D eigenvalue weighted by atomic mass is 10.1. The van der Waals surface area contributed by atoms with Gasteiger partial charge in [0.2, 0.25) is 0 Å². The van der Waals surface area contributed by atoms with Crippen molar-refractivity contribution in [3.05, 3.63) is 54.0 Å². The number of aromatic nitrogens is 1. The Morgan fingerprint density at radius 2 is 2.00 bits per heavy atom. The summed E-state index contributed by atoms with van der Waals surface area (Å²) in [5.41, 5.74) is 2.72. The van der Waals surface area contributed by atoms with E-state index in [1.165, 1.54) is 12.1 Å². The maximum Gasteiger partial charge on any atom is 0.123 e. The Bertz CT molecular complexity index is 452. The molecule has 70 valence electrons. The van der Waals surface area contributed by atoms with Gasteiger partial charge in [0.25, 0.3) is 0 Å². The number of rotatable bonds is 1. The number of aryl methyl sites for hydroxylation is 1. The highest BCUT2D eigenvalue weighted by atomic mass is 19.1. The summed E-state index contributed by atoms with van der Waals surface area (Å²) in [7, 11) is 0. The molecule has 0 fully saturated rings. The van der Waals surface area contributed by atoms with Crippen molar-refractivity contribution in [1.29, 1.82) is 0 Å². The van der Waals surface area contributed by atoms with Gasteiger partial charge in [-0.1, -0.05) is 18.2 Å². The molecule has 14 heavy (non-hydrogen) atoms. The predicted octanol–water partition coefficient (Wildman–Crippen LogP) is 3.20. The van der Waals surface area contributed by atoms with Gasteiger partial charge in [-0.2, -0.15) is 0 Å². The number of nitrogens with zero attached hydrogens (tertiary/aromatic N) is 1. The second kappa shape index (κ2) is 3.58. The molecule has 2 aromatic rings. The molecule has 0 spiro atoms. The Kier molecular flexibility index (Phi) is 2.27. The maximum absolute atomic E-state index is 13.0. The summed E-state index contributed by atoms with van der Waals surface area (Å²) in [6.45, 7) is 1.97. The first kappa shape index (κ1) is 8.88. The summed E-state index contributed by atoms with van der Waals surface area (Å²) in [6, 6.07) is 10.3. The number of halogens is 1. The topological polar surface area (TPSA) is 12.9 Å². The van der Waals surface area contributed by atoms with Crippen LogP contribution in [0.4, 0.5) is 4.39 Å². The van der Waals surface area contributed by atoms with Crippen molar-refractivity contribution in [1.82, 2.24) is 4.98 Å². The third-order valence-electron chi connectivity index (χ3n) is 2.11. The van der Waals surface area contributed by atoms with Crippen molar-refractivity contribution in [2.45, 2.75) is 6.92 Å². The molecule has 0 aliphatic rings. The fourth-order valence-corrected chi connectivity index (χ4v) is 1.42. The molecule has 1 heterocycles. The van der Waals surface area contributed by atoms with Crippen LogP contribution in [0.1, 0.15) is 5.56 Å². The molecule has 1 nitrogen and oxygen atoms in total. The van der Waals surface area contributed by atoms with E-state index in [1.807, 2.05) is 25.1 Å². The highest BCUT2D eigenvalue weighted by molar-refractivity contribution is 5.62. The lowest BCUT2D eigenvalue weighted by Crippen LogP contribution is -1.87. The van der Waals surface area contributed by atoms with Gasteiger partial charge in [0.1, 0.15) is 5.82 Å². The van der Waals surface area contributed by atoms with Crippen molar-refractivity contribution in [2.24, 2.45) is 0 Å². The van der Waals surface area contributed by atoms with Crippen LogP contribution in [0.5, 0.6) is 0 Å². The molecule has 0 N–H and O–H groups in total. The van der Waals surface area contributed by atoms with Gasteiger partial charge in [-0.15, -0.1) is 0 Å². The van der Waals surface area contributed by atoms with Crippen LogP contribution in [-0.2, 0) is 0 Å². The van der Waals surface area contributed by atoms with Gasteiger partial charge in [-0.05, 0) is 30.7 Å². The van der Waals surface area contributed by atoms with E-state index in [-0.39, 0.29) is 5.82 Å². The van der Waals surface area contributed by atoms with Crippen LogP contribution in [0.15, 0.2) is 42.6 Å². The zero-order chi connectivity index (χ0) is 9.97. The minimum atomic E-state index is -0.229. The number of pyridine rings is 1. The molecule has 1 aromatic heterocycles. The largest absolute Gasteiger partial charge is 0.256 e. The molecule has 0 unspecified atom stereocenters. The standard InChI is InChI=1S/C12H10FN/c1-9-4-3-7-14-12(9)10-5-2-6-11(13)8-10/h2-8H,1H3. The van der Waals surface area contributed by atoms with Crippen LogP contribution < -0.4 is 0 Å². The van der Waals surface area contributed by atoms with Crippen LogP contribution in [0.2, 0.25) is 0 Å². The van der Waals surface area contributed by atoms with Gasteiger partial charge in [-0.3, -0.25) is 4.98 Å². The fourth-order valence-electron chi connectivity index (χ4n) is 1.42. The highest BCUT2D eigenvalue weighted by Gasteiger charge is 2.02. The number of hydrogen-bond donors (Lipinski definition) is 0. The molecule has 0 bridgehead atoms. The van der Waals surface area contributed by atoms with E-state index in [9.17, 15) is 4.39 Å². The van der Waals surface area contributed by atoms with Gasteiger partial charge in [-0.25, -0.2) is 4.39 Å². The second-order valence-electron chi connectivity index (χ2n) is 3.18. The van der Waals surface area contributed by atoms with Crippen molar-refractivity contribution >= 4 is 0 Å². The van der Waals surface area contributed by atoms with Crippen LogP contribution >= 0.6 is 0 Å². The summed E-state index contributed by atoms with van der Waals surface area (Å²) < 4.78 is 13.0. The van der Waals surface area contributed by atoms with E-state index in [0.29, 0.717) is 0 Å². The number of benzene rings is 1. The second-order valence-corrected chi connectivity index (χ2v) is 3.18. The minimum absolute atomic E-state index is 0.229. The quantitative estimate of drug-likeness (QED) is 0.668. The van der Waals surface area contributed by atoms with Crippen LogP contribution in [-0.4, -0.2) is 4.98 Å². The summed E-state index contributed by atoms with van der Waals surface area (Å²) in [6.07, 6.45) is 1.72. The van der Waals surface area contributed by atoms with E-state index >= 15 is 0 Å². The predicted molar refractivity (Wildman–Crippen MR) is 54.4 cm³/mol. The van der Waals surface area contributed by atoms with Crippen LogP contribution in [0.25, 0.3) is 11.3 Å². The van der Waals surface area contributed by atoms with Gasteiger partial charge in [0, 0.05) is 11.8 Å². The van der Waals surface area contributed by atoms with Crippen molar-refractivity contribution < 1.29 is 4.39 Å². The van der Waals surface area contributed by atoms with Gasteiger partial charge < -0.3 is 0 Å². The first-order chi connectivity index (χ1) is 6.77. The summed E-state index contributed by atoms with van der Waals surface area (Å²) in [5, 5.41) is 0. The molecule has 0 atom stereocenters. The Morgan fingerprint density at radius 3 is 2.71 bits per heavy atom. The smallest absolute Gasteiger partial charge is 0.123 e. The van der Waals surface area contributed by atoms with Gasteiger partial charge >= 0.3 is 0 Å². The first-order valence-corrected chi connectivity index (χ1v) is 4.45. The molecule has 0 saturated carbocycles. The molecule has 0 radical (unpaired) electrons. The SMILES string of the molecule is Cc1cccnc1-c1cccc(F)c1. The van der Waals surface area contributed by atoms with Crippen LogP contribution in [0, 0.1) is 12.7 Å². The van der Waals surface area contributed by atoms with Crippen LogP contribution in [0.3, 0.4) is 0 Å². The Balaban J connectivity index is 2.55. The summed E-state index contributed by atoms with van der Waals surface area (Å²) in [5.74, 6) is -0.229. The third kappa shape index (κ3) is 1.64. The fraction of sp³-hybridized carbons (Fsp3) is 0.0833. The molecule has 0 aliphatic heterocycles. The molecular formula is C12H10FN. The lowest BCUT2D eigenvalue weighted by molar-refractivity contribution is 0.628. The average Bonchev–Trinajstić information content (AvgIpc) is 2.18. The first-order valence-electron chi connectivity index (χ1n) is 4.45. The lowest BCUT2D eigenvalue weighted by Gasteiger charge is -2.03. The number of hydrogen-bond acceptors (Lipinski definition) is 1. The van der Waals surface area contributed by atoms with Crippen molar-refractivity contribution in [3.63, 3.8) is 0 Å².